The fraction of sp³-hybridized carbons (Fsp3) is 0.467. The fourth-order valence-electron chi connectivity index (χ4n) is 1.78. The van der Waals surface area contributed by atoms with Crippen molar-refractivity contribution in [3.8, 4) is 0 Å². The summed E-state index contributed by atoms with van der Waals surface area (Å²) in [7, 11) is -3.69. The number of nitrogens with two attached hydrogens (primary N) is 1. The van der Waals surface area contributed by atoms with Crippen molar-refractivity contribution < 1.29 is 22.7 Å². The second-order valence-corrected chi connectivity index (χ2v) is 6.61. The van der Waals surface area contributed by atoms with Crippen LogP contribution in [-0.2, 0) is 30.8 Å². The van der Waals surface area contributed by atoms with Gasteiger partial charge in [-0.05, 0) is 30.5 Å². The van der Waals surface area contributed by atoms with Crippen molar-refractivity contribution in [2.45, 2.75) is 37.5 Å². The summed E-state index contributed by atoms with van der Waals surface area (Å²) in [5.41, 5.74) is 0.859. The molecule has 3 N–H and O–H groups in total. The van der Waals surface area contributed by atoms with Gasteiger partial charge in [0.1, 0.15) is 0 Å². The molecule has 0 spiro atoms. The number of benzene rings is 1. The average Bonchev–Trinajstić information content (AvgIpc) is 2.50. The van der Waals surface area contributed by atoms with E-state index in [1.54, 1.807) is 12.1 Å². The minimum atomic E-state index is -3.69. The van der Waals surface area contributed by atoms with E-state index in [2.05, 4.69) is 5.32 Å². The summed E-state index contributed by atoms with van der Waals surface area (Å²) in [6.45, 7) is 2.04. The Hall–Kier alpha value is -1.93. The largest absolute Gasteiger partial charge is 0.456 e. The van der Waals surface area contributed by atoms with Gasteiger partial charge in [-0.2, -0.15) is 0 Å². The van der Waals surface area contributed by atoms with Crippen LogP contribution in [0.5, 0.6) is 0 Å². The van der Waals surface area contributed by atoms with E-state index in [0.29, 0.717) is 19.4 Å². The average molecular weight is 342 g/mol. The summed E-state index contributed by atoms with van der Waals surface area (Å²) in [6.07, 6.45) is 2.49. The molecular weight excluding hydrogens is 320 g/mol. The molecule has 1 amide bonds. The summed E-state index contributed by atoms with van der Waals surface area (Å²) in [5, 5.41) is 7.64. The first-order valence-electron chi connectivity index (χ1n) is 7.37. The monoisotopic (exact) mass is 342 g/mol. The molecule has 0 unspecified atom stereocenters. The maximum atomic E-state index is 11.5. The van der Waals surface area contributed by atoms with E-state index < -0.39 is 10.0 Å². The highest BCUT2D eigenvalue weighted by molar-refractivity contribution is 7.89. The number of nitrogens with one attached hydrogen (secondary N) is 1. The topological polar surface area (TPSA) is 116 Å². The number of primary sulfonamides is 1. The lowest BCUT2D eigenvalue weighted by molar-refractivity contribution is -0.148. The molecule has 0 aliphatic carbocycles. The van der Waals surface area contributed by atoms with Crippen molar-refractivity contribution in [1.29, 1.82) is 0 Å². The SMILES string of the molecule is CCCCC(=O)OCC(=O)NCCc1ccc(S(N)(=O)=O)cc1. The Labute approximate surface area is 136 Å². The molecule has 0 atom stereocenters. The number of carbonyl (C=O) groups excluding carboxylic acids is 2. The molecule has 23 heavy (non-hydrogen) atoms. The molecule has 8 heteroatoms. The lowest BCUT2D eigenvalue weighted by Gasteiger charge is -2.07. The highest BCUT2D eigenvalue weighted by Gasteiger charge is 2.08. The Bertz CT molecular complexity index is 626. The molecule has 1 rings (SSSR count). The predicted octanol–water partition coefficient (Wildman–Crippen LogP) is 0.726. The molecule has 128 valence electrons. The number of carbonyl (C=O) groups is 2. The highest BCUT2D eigenvalue weighted by atomic mass is 32.2. The van der Waals surface area contributed by atoms with Gasteiger partial charge in [0.2, 0.25) is 10.0 Å². The summed E-state index contributed by atoms with van der Waals surface area (Å²) in [4.78, 5) is 22.8. The van der Waals surface area contributed by atoms with E-state index in [-0.39, 0.29) is 23.4 Å². The van der Waals surface area contributed by atoms with E-state index in [9.17, 15) is 18.0 Å². The van der Waals surface area contributed by atoms with E-state index in [1.807, 2.05) is 6.92 Å². The molecule has 7 nitrogen and oxygen atoms in total. The van der Waals surface area contributed by atoms with Crippen LogP contribution < -0.4 is 10.5 Å². The van der Waals surface area contributed by atoms with Gasteiger partial charge in [-0.3, -0.25) is 9.59 Å². The minimum absolute atomic E-state index is 0.0456. The van der Waals surface area contributed by atoms with Crippen molar-refractivity contribution in [1.82, 2.24) is 5.32 Å². The van der Waals surface area contributed by atoms with Crippen molar-refractivity contribution >= 4 is 21.9 Å². The first-order valence-corrected chi connectivity index (χ1v) is 8.91. The van der Waals surface area contributed by atoms with Gasteiger partial charge in [0.05, 0.1) is 4.90 Å². The minimum Gasteiger partial charge on any atom is -0.456 e. The van der Waals surface area contributed by atoms with Crippen LogP contribution in [-0.4, -0.2) is 33.4 Å². The zero-order chi connectivity index (χ0) is 17.3. The van der Waals surface area contributed by atoms with Crippen LogP contribution in [0.2, 0.25) is 0 Å². The Balaban J connectivity index is 2.28. The third kappa shape index (κ3) is 7.75. The summed E-state index contributed by atoms with van der Waals surface area (Å²) >= 11 is 0. The van der Waals surface area contributed by atoms with Crippen LogP contribution in [0.15, 0.2) is 29.2 Å². The molecule has 1 aromatic rings. The molecule has 1 aromatic carbocycles. The van der Waals surface area contributed by atoms with Crippen LogP contribution in [0.4, 0.5) is 0 Å². The van der Waals surface area contributed by atoms with Gasteiger partial charge >= 0.3 is 5.97 Å². The van der Waals surface area contributed by atoms with Crippen molar-refractivity contribution in [3.63, 3.8) is 0 Å². The molecule has 0 bridgehead atoms. The van der Waals surface area contributed by atoms with Crippen LogP contribution in [0.25, 0.3) is 0 Å². The standard InChI is InChI=1S/C15H22N2O5S/c1-2-3-4-15(19)22-11-14(18)17-10-9-12-5-7-13(8-6-12)23(16,20)21/h5-8H,2-4,9-11H2,1H3,(H,17,18)(H2,16,20,21). The number of esters is 1. The maximum absolute atomic E-state index is 11.5. The van der Waals surface area contributed by atoms with Gasteiger partial charge in [-0.25, -0.2) is 13.6 Å². The number of hydrogen-bond acceptors (Lipinski definition) is 5. The van der Waals surface area contributed by atoms with Gasteiger partial charge in [0, 0.05) is 13.0 Å². The number of unbranched alkanes of at least 4 members (excludes halogenated alkanes) is 1. The second-order valence-electron chi connectivity index (χ2n) is 5.05. The van der Waals surface area contributed by atoms with E-state index in [1.165, 1.54) is 12.1 Å². The van der Waals surface area contributed by atoms with Gasteiger partial charge < -0.3 is 10.1 Å². The van der Waals surface area contributed by atoms with Gasteiger partial charge in [0.15, 0.2) is 6.61 Å². The normalized spacial score (nSPS) is 11.0. The summed E-state index contributed by atoms with van der Waals surface area (Å²) in [6, 6.07) is 6.11. The highest BCUT2D eigenvalue weighted by Crippen LogP contribution is 2.08. The summed E-state index contributed by atoms with van der Waals surface area (Å²) < 4.78 is 27.1. The van der Waals surface area contributed by atoms with E-state index in [0.717, 1.165) is 18.4 Å². The Morgan fingerprint density at radius 3 is 2.43 bits per heavy atom. The molecule has 0 aliphatic rings. The van der Waals surface area contributed by atoms with Gasteiger partial charge in [-0.1, -0.05) is 25.5 Å². The number of hydrogen-bond donors (Lipinski definition) is 2. The Morgan fingerprint density at radius 1 is 1.22 bits per heavy atom. The maximum Gasteiger partial charge on any atom is 0.306 e. The molecule has 0 saturated carbocycles. The quantitative estimate of drug-likeness (QED) is 0.642. The predicted molar refractivity (Wildman–Crippen MR) is 85.0 cm³/mol. The number of rotatable bonds is 9. The second kappa shape index (κ2) is 9.26. The first kappa shape index (κ1) is 19.1. The van der Waals surface area contributed by atoms with E-state index in [4.69, 9.17) is 9.88 Å². The fourth-order valence-corrected chi connectivity index (χ4v) is 2.30. The summed E-state index contributed by atoms with van der Waals surface area (Å²) in [5.74, 6) is -0.739. The third-order valence-electron chi connectivity index (χ3n) is 3.09. The van der Waals surface area contributed by atoms with Gasteiger partial charge in [-0.15, -0.1) is 0 Å². The zero-order valence-electron chi connectivity index (χ0n) is 13.1. The van der Waals surface area contributed by atoms with Crippen LogP contribution >= 0.6 is 0 Å². The van der Waals surface area contributed by atoms with Gasteiger partial charge in [0.25, 0.3) is 5.91 Å². The third-order valence-corrected chi connectivity index (χ3v) is 4.02. The lowest BCUT2D eigenvalue weighted by atomic mass is 10.1. The van der Waals surface area contributed by atoms with Crippen molar-refractivity contribution in [2.24, 2.45) is 5.14 Å². The Morgan fingerprint density at radius 2 is 1.87 bits per heavy atom. The molecule has 0 fully saturated rings. The van der Waals surface area contributed by atoms with Crippen LogP contribution in [0.3, 0.4) is 0 Å². The van der Waals surface area contributed by atoms with E-state index >= 15 is 0 Å². The molecular formula is C15H22N2O5S. The zero-order valence-corrected chi connectivity index (χ0v) is 13.9. The van der Waals surface area contributed by atoms with Crippen molar-refractivity contribution in [3.05, 3.63) is 29.8 Å². The molecule has 0 radical (unpaired) electrons. The molecule has 0 aromatic heterocycles. The van der Waals surface area contributed by atoms with Crippen molar-refractivity contribution in [2.75, 3.05) is 13.2 Å². The number of amides is 1. The smallest absolute Gasteiger partial charge is 0.306 e. The lowest BCUT2D eigenvalue weighted by Crippen LogP contribution is -2.30. The first-order chi connectivity index (χ1) is 10.8. The van der Waals surface area contributed by atoms with Crippen LogP contribution in [0.1, 0.15) is 31.7 Å². The molecule has 0 saturated heterocycles. The Kier molecular flexibility index (Phi) is 7.70. The number of sulfonamides is 1. The molecule has 0 aliphatic heterocycles. The van der Waals surface area contributed by atoms with Crippen LogP contribution in [0, 0.1) is 0 Å². The molecule has 0 heterocycles. The number of ether oxygens (including phenoxy) is 1.